The number of nitrogens with one attached hydrogen (secondary N) is 2. The molecule has 2 N–H and O–H groups in total. The highest BCUT2D eigenvalue weighted by molar-refractivity contribution is 7.93. The Morgan fingerprint density at radius 1 is 1.07 bits per heavy atom. The number of rotatable bonds is 7. The molecule has 0 aromatic heterocycles. The minimum absolute atomic E-state index is 0.218. The lowest BCUT2D eigenvalue weighted by Crippen LogP contribution is -2.32. The molecule has 1 amide bonds. The molecule has 0 fully saturated rings. The molecule has 0 saturated carbocycles. The van der Waals surface area contributed by atoms with Gasteiger partial charge in [-0.25, -0.2) is 21.6 Å². The lowest BCUT2D eigenvalue weighted by Gasteiger charge is -2.19. The number of hydrogen-bond donors (Lipinski definition) is 2. The third-order valence-electron chi connectivity index (χ3n) is 4.35. The predicted octanol–water partition coefficient (Wildman–Crippen LogP) is 4.26. The van der Waals surface area contributed by atoms with Gasteiger partial charge in [0.2, 0.25) is 0 Å². The maximum absolute atomic E-state index is 14.5. The van der Waals surface area contributed by atoms with E-state index in [4.69, 9.17) is 0 Å². The van der Waals surface area contributed by atoms with Crippen LogP contribution in [0.3, 0.4) is 0 Å². The van der Waals surface area contributed by atoms with E-state index in [-0.39, 0.29) is 5.69 Å². The van der Waals surface area contributed by atoms with Crippen molar-refractivity contribution in [1.82, 2.24) is 5.32 Å². The Morgan fingerprint density at radius 3 is 2.33 bits per heavy atom. The van der Waals surface area contributed by atoms with Crippen molar-refractivity contribution < 1.29 is 26.4 Å². The number of halogens is 3. The number of benzene rings is 2. The summed E-state index contributed by atoms with van der Waals surface area (Å²) in [5, 5.41) is 6.01. The minimum Gasteiger partial charge on any atom is -0.376 e. The Balaban J connectivity index is 2.21. The number of aryl methyl sites for hydroxylation is 1. The van der Waals surface area contributed by atoms with Gasteiger partial charge in [-0.05, 0) is 38.5 Å². The number of carbonyl (C=O) groups excluding carboxylic acids is 1. The Morgan fingerprint density at radius 2 is 1.73 bits per heavy atom. The molecule has 30 heavy (non-hydrogen) atoms. The molecular weight excluding hydrogens is 417 g/mol. The summed E-state index contributed by atoms with van der Waals surface area (Å²) in [5.41, 5.74) is 0.227. The summed E-state index contributed by atoms with van der Waals surface area (Å²) in [5.74, 6) is -3.24. The van der Waals surface area contributed by atoms with Crippen molar-refractivity contribution in [3.05, 3.63) is 76.0 Å². The molecule has 0 saturated heterocycles. The van der Waals surface area contributed by atoms with Crippen LogP contribution in [0.4, 0.5) is 18.9 Å². The topological polar surface area (TPSA) is 75.3 Å². The molecule has 0 unspecified atom stereocenters. The summed E-state index contributed by atoms with van der Waals surface area (Å²) in [6.45, 7) is 4.81. The molecule has 2 atom stereocenters. The van der Waals surface area contributed by atoms with Crippen LogP contribution in [0.2, 0.25) is 0 Å². The Hall–Kier alpha value is -2.81. The fourth-order valence-corrected chi connectivity index (χ4v) is 3.44. The van der Waals surface area contributed by atoms with E-state index in [0.29, 0.717) is 11.1 Å². The zero-order valence-corrected chi connectivity index (χ0v) is 17.8. The van der Waals surface area contributed by atoms with Gasteiger partial charge >= 0.3 is 0 Å². The average Bonchev–Trinajstić information content (AvgIpc) is 2.62. The van der Waals surface area contributed by atoms with Gasteiger partial charge in [0.05, 0.1) is 17.3 Å². The lowest BCUT2D eigenvalue weighted by atomic mass is 10.0. The SMILES string of the molecule is Cc1cccc(F)c1[C@H](C)Nc1cc(F)c(C(=O)N[C@H](C)/C=C/S(C)(=O)=O)cc1F. The van der Waals surface area contributed by atoms with Crippen molar-refractivity contribution in [2.45, 2.75) is 32.9 Å². The number of hydrogen-bond acceptors (Lipinski definition) is 4. The van der Waals surface area contributed by atoms with Gasteiger partial charge in [-0.3, -0.25) is 4.79 Å². The van der Waals surface area contributed by atoms with Crippen molar-refractivity contribution >= 4 is 21.4 Å². The molecule has 0 aliphatic rings. The van der Waals surface area contributed by atoms with Crippen LogP contribution in [-0.2, 0) is 9.84 Å². The first-order valence-electron chi connectivity index (χ1n) is 9.08. The van der Waals surface area contributed by atoms with Crippen LogP contribution in [0, 0.1) is 24.4 Å². The first kappa shape index (κ1) is 23.5. The van der Waals surface area contributed by atoms with E-state index in [9.17, 15) is 26.4 Å². The van der Waals surface area contributed by atoms with Crippen molar-refractivity contribution in [3.8, 4) is 0 Å². The van der Waals surface area contributed by atoms with E-state index in [1.807, 2.05) is 0 Å². The van der Waals surface area contributed by atoms with Gasteiger partial charge in [-0.2, -0.15) is 0 Å². The molecule has 5 nitrogen and oxygen atoms in total. The molecule has 0 heterocycles. The van der Waals surface area contributed by atoms with Crippen LogP contribution in [0.5, 0.6) is 0 Å². The second-order valence-corrected chi connectivity index (χ2v) is 9.00. The summed E-state index contributed by atoms with van der Waals surface area (Å²) in [6.07, 6.45) is 2.21. The van der Waals surface area contributed by atoms with E-state index in [2.05, 4.69) is 10.6 Å². The van der Waals surface area contributed by atoms with Gasteiger partial charge < -0.3 is 10.6 Å². The largest absolute Gasteiger partial charge is 0.376 e. The van der Waals surface area contributed by atoms with E-state index in [1.54, 1.807) is 26.0 Å². The summed E-state index contributed by atoms with van der Waals surface area (Å²) in [6, 6.07) is 4.73. The van der Waals surface area contributed by atoms with Crippen LogP contribution in [0.1, 0.15) is 41.4 Å². The standard InChI is InChI=1S/C21H23F3N2O3S/c1-12-6-5-7-16(22)20(12)14(3)26-19-11-17(23)15(10-18(19)24)21(27)25-13(2)8-9-30(4,28)29/h5-11,13-14,26H,1-4H3,(H,25,27)/b9-8+/t13-,14+/m1/s1. The average molecular weight is 440 g/mol. The number of carbonyl (C=O) groups is 1. The van der Waals surface area contributed by atoms with Gasteiger partial charge in [0, 0.05) is 29.3 Å². The zero-order valence-electron chi connectivity index (χ0n) is 17.0. The van der Waals surface area contributed by atoms with Gasteiger partial charge in [-0.1, -0.05) is 18.2 Å². The molecule has 0 bridgehead atoms. The molecule has 162 valence electrons. The summed E-state index contributed by atoms with van der Waals surface area (Å²) in [4.78, 5) is 12.2. The van der Waals surface area contributed by atoms with Gasteiger partial charge in [-0.15, -0.1) is 0 Å². The fourth-order valence-electron chi connectivity index (χ4n) is 2.92. The normalized spacial score (nSPS) is 13.8. The highest BCUT2D eigenvalue weighted by atomic mass is 32.2. The first-order chi connectivity index (χ1) is 13.9. The molecule has 0 aliphatic carbocycles. The maximum atomic E-state index is 14.5. The highest BCUT2D eigenvalue weighted by Gasteiger charge is 2.20. The minimum atomic E-state index is -3.38. The highest BCUT2D eigenvalue weighted by Crippen LogP contribution is 2.27. The summed E-state index contributed by atoms with van der Waals surface area (Å²) in [7, 11) is -3.38. The molecule has 2 aromatic carbocycles. The molecule has 2 rings (SSSR count). The summed E-state index contributed by atoms with van der Waals surface area (Å²) < 4.78 is 65.3. The van der Waals surface area contributed by atoms with E-state index in [0.717, 1.165) is 23.8 Å². The van der Waals surface area contributed by atoms with Gasteiger partial charge in [0.25, 0.3) is 5.91 Å². The quantitative estimate of drug-likeness (QED) is 0.675. The molecule has 0 aliphatic heterocycles. The van der Waals surface area contributed by atoms with E-state index < -0.39 is 50.8 Å². The lowest BCUT2D eigenvalue weighted by molar-refractivity contribution is 0.0942. The fraction of sp³-hybridized carbons (Fsp3) is 0.286. The van der Waals surface area contributed by atoms with Crippen LogP contribution < -0.4 is 10.6 Å². The molecule has 0 spiro atoms. The summed E-state index contributed by atoms with van der Waals surface area (Å²) >= 11 is 0. The Bertz CT molecular complexity index is 1060. The van der Waals surface area contributed by atoms with Crippen LogP contribution in [0.25, 0.3) is 0 Å². The zero-order chi connectivity index (χ0) is 22.6. The van der Waals surface area contributed by atoms with Crippen LogP contribution in [-0.4, -0.2) is 26.6 Å². The second kappa shape index (κ2) is 9.34. The van der Waals surface area contributed by atoms with Crippen molar-refractivity contribution in [3.63, 3.8) is 0 Å². The van der Waals surface area contributed by atoms with Crippen molar-refractivity contribution in [2.75, 3.05) is 11.6 Å². The maximum Gasteiger partial charge on any atom is 0.254 e. The van der Waals surface area contributed by atoms with Gasteiger partial charge in [0.1, 0.15) is 17.5 Å². The Kier molecular flexibility index (Phi) is 7.30. The van der Waals surface area contributed by atoms with E-state index in [1.165, 1.54) is 19.1 Å². The Labute approximate surface area is 173 Å². The van der Waals surface area contributed by atoms with Crippen molar-refractivity contribution in [2.24, 2.45) is 0 Å². The molecule has 2 aromatic rings. The van der Waals surface area contributed by atoms with Crippen LogP contribution >= 0.6 is 0 Å². The number of anilines is 1. The smallest absolute Gasteiger partial charge is 0.254 e. The third-order valence-corrected chi connectivity index (χ3v) is 5.00. The molecule has 9 heteroatoms. The predicted molar refractivity (Wildman–Crippen MR) is 110 cm³/mol. The molecular formula is C21H23F3N2O3S. The van der Waals surface area contributed by atoms with Crippen molar-refractivity contribution in [1.29, 1.82) is 0 Å². The number of amides is 1. The van der Waals surface area contributed by atoms with Crippen LogP contribution in [0.15, 0.2) is 41.8 Å². The van der Waals surface area contributed by atoms with E-state index >= 15 is 0 Å². The number of sulfone groups is 1. The third kappa shape index (κ3) is 6.09. The van der Waals surface area contributed by atoms with Gasteiger partial charge in [0.15, 0.2) is 9.84 Å². The monoisotopic (exact) mass is 440 g/mol. The molecule has 0 radical (unpaired) electrons. The first-order valence-corrected chi connectivity index (χ1v) is 11.0. The second-order valence-electron chi connectivity index (χ2n) is 7.07.